The molecule has 0 saturated heterocycles. The number of carbonyl (C=O) groups excluding carboxylic acids is 3. The smallest absolute Gasteiger partial charge is 0.359 e. The van der Waals surface area contributed by atoms with Crippen molar-refractivity contribution in [2.24, 2.45) is 0 Å². The first-order valence-electron chi connectivity index (χ1n) is 11.8. The molecular weight excluding hydrogens is 452 g/mol. The second-order valence-electron chi connectivity index (χ2n) is 9.21. The van der Waals surface area contributed by atoms with E-state index in [9.17, 15) is 14.4 Å². The molecule has 0 radical (unpaired) electrons. The minimum atomic E-state index is -1.22. The quantitative estimate of drug-likeness (QED) is 0.601. The number of esters is 1. The van der Waals surface area contributed by atoms with Crippen LogP contribution >= 0.6 is 0 Å². The highest BCUT2D eigenvalue weighted by Gasteiger charge is 2.49. The second-order valence-corrected chi connectivity index (χ2v) is 9.21. The molecule has 2 aliphatic rings. The van der Waals surface area contributed by atoms with Crippen molar-refractivity contribution in [3.8, 4) is 11.5 Å². The van der Waals surface area contributed by atoms with Crippen LogP contribution in [-0.4, -0.2) is 65.1 Å². The van der Waals surface area contributed by atoms with Crippen LogP contribution in [0.5, 0.6) is 11.5 Å². The van der Waals surface area contributed by atoms with Crippen LogP contribution in [0.3, 0.4) is 0 Å². The predicted molar refractivity (Wildman–Crippen MR) is 126 cm³/mol. The standard InChI is InChI=1S/C25H32N4O6/c1-25(24(32)27-17-8-6-5-7-9-17)14-28-15-26-20(23(31)35-4)21(28)22(30)29(25)13-16-10-11-18(33-2)12-19(16)34-3/h10-12,15,17H,5-9,13-14H2,1-4H3,(H,27,32)/t25-/m0/s1. The Morgan fingerprint density at radius 2 is 1.89 bits per heavy atom. The Balaban J connectivity index is 1.74. The lowest BCUT2D eigenvalue weighted by Crippen LogP contribution is -2.64. The summed E-state index contributed by atoms with van der Waals surface area (Å²) in [4.78, 5) is 45.5. The maximum atomic E-state index is 13.9. The number of hydrogen-bond acceptors (Lipinski definition) is 7. The third-order valence-corrected chi connectivity index (χ3v) is 6.99. The first-order chi connectivity index (χ1) is 16.8. The number of rotatable bonds is 7. The Hall–Kier alpha value is -3.56. The molecule has 0 unspecified atom stereocenters. The molecule has 2 heterocycles. The topological polar surface area (TPSA) is 112 Å². The van der Waals surface area contributed by atoms with Crippen LogP contribution in [0.2, 0.25) is 0 Å². The van der Waals surface area contributed by atoms with Gasteiger partial charge >= 0.3 is 5.97 Å². The number of carbonyl (C=O) groups is 3. The highest BCUT2D eigenvalue weighted by atomic mass is 16.5. The van der Waals surface area contributed by atoms with Crippen molar-refractivity contribution < 1.29 is 28.6 Å². The van der Waals surface area contributed by atoms with E-state index in [0.29, 0.717) is 17.1 Å². The van der Waals surface area contributed by atoms with E-state index in [0.717, 1.165) is 25.7 Å². The third kappa shape index (κ3) is 4.56. The first kappa shape index (κ1) is 24.6. The number of ether oxygens (including phenoxy) is 3. The number of nitrogens with one attached hydrogen (secondary N) is 1. The molecule has 4 rings (SSSR count). The molecule has 188 valence electrons. The third-order valence-electron chi connectivity index (χ3n) is 6.99. The zero-order valence-corrected chi connectivity index (χ0v) is 20.6. The van der Waals surface area contributed by atoms with Crippen LogP contribution in [0.15, 0.2) is 24.5 Å². The molecule has 10 nitrogen and oxygen atoms in total. The molecule has 0 bridgehead atoms. The summed E-state index contributed by atoms with van der Waals surface area (Å²) in [5.41, 5.74) is -0.488. The lowest BCUT2D eigenvalue weighted by Gasteiger charge is -2.44. The Morgan fingerprint density at radius 3 is 2.54 bits per heavy atom. The Labute approximate surface area is 204 Å². The zero-order chi connectivity index (χ0) is 25.2. The van der Waals surface area contributed by atoms with Gasteiger partial charge in [-0.05, 0) is 31.9 Å². The van der Waals surface area contributed by atoms with E-state index in [-0.39, 0.29) is 36.4 Å². The van der Waals surface area contributed by atoms with Gasteiger partial charge in [-0.1, -0.05) is 19.3 Å². The molecule has 2 aromatic rings. The van der Waals surface area contributed by atoms with Crippen molar-refractivity contribution >= 4 is 17.8 Å². The molecule has 35 heavy (non-hydrogen) atoms. The van der Waals surface area contributed by atoms with Crippen LogP contribution in [0.4, 0.5) is 0 Å². The fourth-order valence-corrected chi connectivity index (χ4v) is 4.92. The van der Waals surface area contributed by atoms with Gasteiger partial charge < -0.3 is 29.0 Å². The zero-order valence-electron chi connectivity index (χ0n) is 20.6. The summed E-state index contributed by atoms with van der Waals surface area (Å²) in [6.45, 7) is 1.99. The van der Waals surface area contributed by atoms with Gasteiger partial charge in [0.05, 0.1) is 40.7 Å². The summed E-state index contributed by atoms with van der Waals surface area (Å²) in [6, 6.07) is 5.39. The molecule has 1 aliphatic heterocycles. The van der Waals surface area contributed by atoms with E-state index in [1.165, 1.54) is 31.9 Å². The first-order valence-corrected chi connectivity index (χ1v) is 11.8. The lowest BCUT2D eigenvalue weighted by molar-refractivity contribution is -0.134. The van der Waals surface area contributed by atoms with Gasteiger partial charge in [-0.15, -0.1) is 0 Å². The van der Waals surface area contributed by atoms with Gasteiger partial charge in [0.2, 0.25) is 5.91 Å². The van der Waals surface area contributed by atoms with E-state index in [1.54, 1.807) is 36.8 Å². The fraction of sp³-hybridized carbons (Fsp3) is 0.520. The SMILES string of the molecule is COC(=O)c1ncn2c1C(=O)N(Cc1ccc(OC)cc1OC)[C@](C)(C(=O)NC1CCCCC1)C2. The van der Waals surface area contributed by atoms with Crippen molar-refractivity contribution in [3.63, 3.8) is 0 Å². The number of nitrogens with zero attached hydrogens (tertiary/aromatic N) is 3. The van der Waals surface area contributed by atoms with Gasteiger partial charge in [0.25, 0.3) is 5.91 Å². The fourth-order valence-electron chi connectivity index (χ4n) is 4.92. The average Bonchev–Trinajstić information content (AvgIpc) is 3.30. The molecule has 1 aromatic carbocycles. The maximum Gasteiger partial charge on any atom is 0.359 e. The van der Waals surface area contributed by atoms with Crippen LogP contribution < -0.4 is 14.8 Å². The molecule has 1 aliphatic carbocycles. The van der Waals surface area contributed by atoms with E-state index in [1.807, 2.05) is 0 Å². The number of aromatic nitrogens is 2. The molecular formula is C25H32N4O6. The van der Waals surface area contributed by atoms with Crippen LogP contribution in [0.25, 0.3) is 0 Å². The number of amides is 2. The summed E-state index contributed by atoms with van der Waals surface area (Å²) in [6.07, 6.45) is 6.57. The summed E-state index contributed by atoms with van der Waals surface area (Å²) < 4.78 is 17.2. The molecule has 1 N–H and O–H groups in total. The molecule has 1 fully saturated rings. The number of fused-ring (bicyclic) bond motifs is 1. The molecule has 1 atom stereocenters. The molecule has 2 amide bonds. The largest absolute Gasteiger partial charge is 0.497 e. The Morgan fingerprint density at radius 1 is 1.14 bits per heavy atom. The number of benzene rings is 1. The van der Waals surface area contributed by atoms with Gasteiger partial charge in [0.15, 0.2) is 5.69 Å². The van der Waals surface area contributed by atoms with Crippen molar-refractivity contribution in [2.75, 3.05) is 21.3 Å². The number of hydrogen-bond donors (Lipinski definition) is 1. The maximum absolute atomic E-state index is 13.9. The predicted octanol–water partition coefficient (Wildman–Crippen LogP) is 2.55. The monoisotopic (exact) mass is 484 g/mol. The van der Waals surface area contributed by atoms with Crippen molar-refractivity contribution in [1.82, 2.24) is 19.8 Å². The van der Waals surface area contributed by atoms with Crippen LogP contribution in [0, 0.1) is 0 Å². The lowest BCUT2D eigenvalue weighted by atomic mass is 9.90. The summed E-state index contributed by atoms with van der Waals surface area (Å²) in [5, 5.41) is 3.17. The number of imidazole rings is 1. The van der Waals surface area contributed by atoms with Gasteiger partial charge in [-0.3, -0.25) is 9.59 Å². The number of methoxy groups -OCH3 is 3. The molecule has 0 spiro atoms. The molecule has 10 heteroatoms. The summed E-state index contributed by atoms with van der Waals surface area (Å²) in [7, 11) is 4.34. The van der Waals surface area contributed by atoms with Crippen molar-refractivity contribution in [2.45, 2.75) is 63.7 Å². The van der Waals surface area contributed by atoms with E-state index in [2.05, 4.69) is 10.3 Å². The summed E-state index contributed by atoms with van der Waals surface area (Å²) >= 11 is 0. The Bertz CT molecular complexity index is 1120. The van der Waals surface area contributed by atoms with Gasteiger partial charge in [0.1, 0.15) is 22.7 Å². The normalized spacial score (nSPS) is 20.2. The van der Waals surface area contributed by atoms with Gasteiger partial charge in [-0.2, -0.15) is 0 Å². The van der Waals surface area contributed by atoms with Gasteiger partial charge in [0, 0.05) is 17.7 Å². The van der Waals surface area contributed by atoms with Crippen LogP contribution in [-0.2, 0) is 22.6 Å². The minimum Gasteiger partial charge on any atom is -0.497 e. The van der Waals surface area contributed by atoms with E-state index >= 15 is 0 Å². The molecule has 1 saturated carbocycles. The van der Waals surface area contributed by atoms with Gasteiger partial charge in [-0.25, -0.2) is 9.78 Å². The Kier molecular flexibility index (Phi) is 7.00. The second kappa shape index (κ2) is 9.97. The van der Waals surface area contributed by atoms with E-state index in [4.69, 9.17) is 14.2 Å². The highest BCUT2D eigenvalue weighted by molar-refractivity contribution is 6.06. The highest BCUT2D eigenvalue weighted by Crippen LogP contribution is 2.34. The van der Waals surface area contributed by atoms with E-state index < -0.39 is 17.4 Å². The molecule has 1 aromatic heterocycles. The summed E-state index contributed by atoms with van der Waals surface area (Å²) in [5.74, 6) is -0.277. The average molecular weight is 485 g/mol. The minimum absolute atomic E-state index is 0.0704. The van der Waals surface area contributed by atoms with Crippen molar-refractivity contribution in [3.05, 3.63) is 41.5 Å². The van der Waals surface area contributed by atoms with Crippen molar-refractivity contribution in [1.29, 1.82) is 0 Å². The van der Waals surface area contributed by atoms with Crippen LogP contribution in [0.1, 0.15) is 65.6 Å².